The van der Waals surface area contributed by atoms with Crippen LogP contribution in [0.2, 0.25) is 0 Å². The Morgan fingerprint density at radius 3 is 2.86 bits per heavy atom. The summed E-state index contributed by atoms with van der Waals surface area (Å²) in [6.45, 7) is 4.30. The number of ether oxygens (including phenoxy) is 1. The van der Waals surface area contributed by atoms with Gasteiger partial charge in [0.05, 0.1) is 19.3 Å². The molecule has 0 aliphatic carbocycles. The average molecular weight is 291 g/mol. The first-order valence-corrected chi connectivity index (χ1v) is 7.00. The summed E-state index contributed by atoms with van der Waals surface area (Å²) in [5.41, 5.74) is 1.45. The van der Waals surface area contributed by atoms with E-state index >= 15 is 0 Å². The maximum Gasteiger partial charge on any atom is 0.253 e. The third-order valence-electron chi connectivity index (χ3n) is 3.73. The molecule has 0 unspecified atom stereocenters. The maximum atomic E-state index is 12.5. The lowest BCUT2D eigenvalue weighted by molar-refractivity contribution is -0.0321. The predicted octanol–water partition coefficient (Wildman–Crippen LogP) is 0.991. The number of allylic oxidation sites excluding steroid dienone is 1. The molecule has 0 radical (unpaired) electrons. The molecule has 1 amide bonds. The van der Waals surface area contributed by atoms with Gasteiger partial charge >= 0.3 is 0 Å². The number of rotatable bonds is 4. The Balaban J connectivity index is 2.19. The summed E-state index contributed by atoms with van der Waals surface area (Å²) in [4.78, 5) is 14.0. The molecule has 1 aromatic rings. The van der Waals surface area contributed by atoms with Crippen LogP contribution in [0.5, 0.6) is 5.75 Å². The van der Waals surface area contributed by atoms with Crippen molar-refractivity contribution in [2.24, 2.45) is 0 Å². The summed E-state index contributed by atoms with van der Waals surface area (Å²) in [5.74, 6) is 0.578. The smallest absolute Gasteiger partial charge is 0.253 e. The van der Waals surface area contributed by atoms with Crippen LogP contribution in [0.4, 0.5) is 0 Å². The zero-order valence-corrected chi connectivity index (χ0v) is 12.2. The van der Waals surface area contributed by atoms with Crippen LogP contribution in [-0.4, -0.2) is 53.4 Å². The summed E-state index contributed by atoms with van der Waals surface area (Å²) in [5, 5.41) is 19.2. The molecule has 114 valence electrons. The highest BCUT2D eigenvalue weighted by atomic mass is 16.5. The Morgan fingerprint density at radius 1 is 1.48 bits per heavy atom. The van der Waals surface area contributed by atoms with Crippen LogP contribution in [0.1, 0.15) is 22.3 Å². The first-order chi connectivity index (χ1) is 10.1. The van der Waals surface area contributed by atoms with Crippen LogP contribution in [0.3, 0.4) is 0 Å². The number of hydrogen-bond acceptors (Lipinski definition) is 4. The lowest BCUT2D eigenvalue weighted by Crippen LogP contribution is -2.48. The first-order valence-electron chi connectivity index (χ1n) is 7.00. The molecular weight excluding hydrogens is 270 g/mol. The lowest BCUT2D eigenvalue weighted by atomic mass is 10.0. The highest BCUT2D eigenvalue weighted by Crippen LogP contribution is 2.22. The molecule has 0 saturated carbocycles. The minimum Gasteiger partial charge on any atom is -0.496 e. The van der Waals surface area contributed by atoms with Crippen molar-refractivity contribution in [2.75, 3.05) is 20.2 Å². The Labute approximate surface area is 124 Å². The molecule has 21 heavy (non-hydrogen) atoms. The van der Waals surface area contributed by atoms with Crippen LogP contribution in [-0.2, 0) is 6.42 Å². The molecule has 2 rings (SSSR count). The summed E-state index contributed by atoms with van der Waals surface area (Å²) in [6.07, 6.45) is 1.14. The standard InChI is InChI=1S/C16H21NO4/c1-3-4-11-9-12(5-6-15(11)21-2)16(20)17-8-7-13(18)14(19)10-17/h3,5-6,9,13-14,18-19H,1,4,7-8,10H2,2H3/t13-,14-/m1/s1. The summed E-state index contributed by atoms with van der Waals surface area (Å²) < 4.78 is 5.26. The third-order valence-corrected chi connectivity index (χ3v) is 3.73. The van der Waals surface area contributed by atoms with Crippen LogP contribution < -0.4 is 4.74 Å². The van der Waals surface area contributed by atoms with E-state index in [1.165, 1.54) is 0 Å². The van der Waals surface area contributed by atoms with E-state index in [9.17, 15) is 15.0 Å². The highest BCUT2D eigenvalue weighted by molar-refractivity contribution is 5.94. The third kappa shape index (κ3) is 3.43. The van der Waals surface area contributed by atoms with Gasteiger partial charge in [-0.25, -0.2) is 0 Å². The number of methoxy groups -OCH3 is 1. The van der Waals surface area contributed by atoms with E-state index in [2.05, 4.69) is 6.58 Å². The molecule has 1 aliphatic rings. The predicted molar refractivity (Wildman–Crippen MR) is 79.4 cm³/mol. The van der Waals surface area contributed by atoms with Gasteiger partial charge in [0.25, 0.3) is 5.91 Å². The van der Waals surface area contributed by atoms with Gasteiger partial charge in [-0.15, -0.1) is 6.58 Å². The van der Waals surface area contributed by atoms with Crippen LogP contribution in [0.25, 0.3) is 0 Å². The minimum atomic E-state index is -0.881. The fourth-order valence-electron chi connectivity index (χ4n) is 2.51. The van der Waals surface area contributed by atoms with Gasteiger partial charge in [-0.2, -0.15) is 0 Å². The van der Waals surface area contributed by atoms with Gasteiger partial charge in [0, 0.05) is 18.7 Å². The minimum absolute atomic E-state index is 0.145. The van der Waals surface area contributed by atoms with E-state index in [0.717, 1.165) is 11.3 Å². The summed E-state index contributed by atoms with van der Waals surface area (Å²) >= 11 is 0. The van der Waals surface area contributed by atoms with Crippen LogP contribution in [0, 0.1) is 0 Å². The summed E-state index contributed by atoms with van der Waals surface area (Å²) in [6, 6.07) is 5.27. The molecular formula is C16H21NO4. The normalized spacial score (nSPS) is 22.0. The van der Waals surface area contributed by atoms with Crippen molar-refractivity contribution in [3.63, 3.8) is 0 Å². The Morgan fingerprint density at radius 2 is 2.24 bits per heavy atom. The number of β-amino-alcohol motifs (C(OH)–C–C–N with tert-alkyl or cyclic N) is 1. The molecule has 0 spiro atoms. The number of hydrogen-bond donors (Lipinski definition) is 2. The van der Waals surface area contributed by atoms with Crippen LogP contribution >= 0.6 is 0 Å². The molecule has 0 aromatic heterocycles. The van der Waals surface area contributed by atoms with Crippen LogP contribution in [0.15, 0.2) is 30.9 Å². The Bertz CT molecular complexity index is 529. The fourth-order valence-corrected chi connectivity index (χ4v) is 2.51. The molecule has 5 heteroatoms. The second-order valence-electron chi connectivity index (χ2n) is 5.19. The molecule has 5 nitrogen and oxygen atoms in total. The van der Waals surface area contributed by atoms with E-state index in [0.29, 0.717) is 24.9 Å². The second kappa shape index (κ2) is 6.74. The molecule has 2 N–H and O–H groups in total. The van der Waals surface area contributed by atoms with Crippen molar-refractivity contribution in [1.82, 2.24) is 4.90 Å². The van der Waals surface area contributed by atoms with Gasteiger partial charge in [-0.05, 0) is 36.6 Å². The fraction of sp³-hybridized carbons (Fsp3) is 0.438. The van der Waals surface area contributed by atoms with Crippen molar-refractivity contribution in [3.8, 4) is 5.75 Å². The van der Waals surface area contributed by atoms with E-state index in [4.69, 9.17) is 4.74 Å². The average Bonchev–Trinajstić information content (AvgIpc) is 2.49. The number of benzene rings is 1. The number of carbonyl (C=O) groups excluding carboxylic acids is 1. The number of aliphatic hydroxyl groups excluding tert-OH is 2. The van der Waals surface area contributed by atoms with Gasteiger partial charge in [0.2, 0.25) is 0 Å². The van der Waals surface area contributed by atoms with E-state index in [1.807, 2.05) is 0 Å². The van der Waals surface area contributed by atoms with Gasteiger partial charge < -0.3 is 19.8 Å². The number of amides is 1. The van der Waals surface area contributed by atoms with Crippen molar-refractivity contribution < 1.29 is 19.7 Å². The van der Waals surface area contributed by atoms with E-state index in [1.54, 1.807) is 36.3 Å². The molecule has 1 fully saturated rings. The van der Waals surface area contributed by atoms with Gasteiger partial charge in [-0.1, -0.05) is 6.08 Å². The zero-order chi connectivity index (χ0) is 15.4. The highest BCUT2D eigenvalue weighted by Gasteiger charge is 2.29. The number of carbonyl (C=O) groups is 1. The quantitative estimate of drug-likeness (QED) is 0.812. The molecule has 2 atom stereocenters. The largest absolute Gasteiger partial charge is 0.496 e. The number of aliphatic hydroxyl groups is 2. The number of likely N-dealkylation sites (tertiary alicyclic amines) is 1. The molecule has 1 heterocycles. The summed E-state index contributed by atoms with van der Waals surface area (Å²) in [7, 11) is 1.59. The van der Waals surface area contributed by atoms with E-state index in [-0.39, 0.29) is 12.5 Å². The van der Waals surface area contributed by atoms with Crippen molar-refractivity contribution in [1.29, 1.82) is 0 Å². The van der Waals surface area contributed by atoms with Gasteiger partial charge in [-0.3, -0.25) is 4.79 Å². The maximum absolute atomic E-state index is 12.5. The molecule has 1 saturated heterocycles. The Hall–Kier alpha value is -1.85. The molecule has 1 aromatic carbocycles. The SMILES string of the molecule is C=CCc1cc(C(=O)N2CC[C@@H](O)[C@H](O)C2)ccc1OC. The number of piperidine rings is 1. The number of nitrogens with zero attached hydrogens (tertiary/aromatic N) is 1. The topological polar surface area (TPSA) is 70.0 Å². The van der Waals surface area contributed by atoms with Crippen molar-refractivity contribution in [2.45, 2.75) is 25.0 Å². The van der Waals surface area contributed by atoms with Crippen molar-refractivity contribution >= 4 is 5.91 Å². The van der Waals surface area contributed by atoms with Gasteiger partial charge in [0.1, 0.15) is 5.75 Å². The van der Waals surface area contributed by atoms with Gasteiger partial charge in [0.15, 0.2) is 0 Å². The Kier molecular flexibility index (Phi) is 4.98. The van der Waals surface area contributed by atoms with E-state index < -0.39 is 12.2 Å². The molecule has 0 bridgehead atoms. The monoisotopic (exact) mass is 291 g/mol. The lowest BCUT2D eigenvalue weighted by Gasteiger charge is -2.33. The van der Waals surface area contributed by atoms with Crippen molar-refractivity contribution in [3.05, 3.63) is 42.0 Å². The molecule has 1 aliphatic heterocycles. The first kappa shape index (κ1) is 15.5. The second-order valence-corrected chi connectivity index (χ2v) is 5.19. The zero-order valence-electron chi connectivity index (χ0n) is 12.2.